The van der Waals surface area contributed by atoms with Crippen LogP contribution in [0.15, 0.2) is 47.6 Å². The molecule has 22 heavy (non-hydrogen) atoms. The minimum absolute atomic E-state index is 0.0601. The van der Waals surface area contributed by atoms with Crippen LogP contribution in [0.5, 0.6) is 5.75 Å². The molecule has 114 valence electrons. The molecule has 0 saturated heterocycles. The first-order chi connectivity index (χ1) is 10.5. The summed E-state index contributed by atoms with van der Waals surface area (Å²) in [5.41, 5.74) is 6.65. The van der Waals surface area contributed by atoms with Gasteiger partial charge in [-0.25, -0.2) is 5.43 Å². The van der Waals surface area contributed by atoms with Gasteiger partial charge >= 0.3 is 0 Å². The zero-order valence-corrected chi connectivity index (χ0v) is 13.1. The lowest BCUT2D eigenvalue weighted by molar-refractivity contribution is -0.123. The van der Waals surface area contributed by atoms with Gasteiger partial charge in [0.15, 0.2) is 6.61 Å². The van der Waals surface area contributed by atoms with E-state index in [0.717, 1.165) is 28.0 Å². The van der Waals surface area contributed by atoms with Crippen molar-refractivity contribution in [1.29, 1.82) is 0 Å². The molecule has 0 unspecified atom stereocenters. The second-order valence-corrected chi connectivity index (χ2v) is 5.26. The fraction of sp³-hybridized carbons (Fsp3) is 0.222. The molecule has 0 spiro atoms. The summed E-state index contributed by atoms with van der Waals surface area (Å²) in [6.07, 6.45) is 1.61. The molecule has 0 aliphatic rings. The number of rotatable bonds is 5. The van der Waals surface area contributed by atoms with E-state index in [1.54, 1.807) is 6.21 Å². The Kier molecular flexibility index (Phi) is 5.31. The van der Waals surface area contributed by atoms with Gasteiger partial charge in [-0.1, -0.05) is 42.0 Å². The number of nitrogens with zero attached hydrogens (tertiary/aromatic N) is 1. The van der Waals surface area contributed by atoms with Gasteiger partial charge in [-0.3, -0.25) is 4.79 Å². The summed E-state index contributed by atoms with van der Waals surface area (Å²) in [5, 5.41) is 3.93. The van der Waals surface area contributed by atoms with Gasteiger partial charge in [-0.05, 0) is 43.5 Å². The Morgan fingerprint density at radius 3 is 2.68 bits per heavy atom. The van der Waals surface area contributed by atoms with Gasteiger partial charge < -0.3 is 4.74 Å². The summed E-state index contributed by atoms with van der Waals surface area (Å²) in [5.74, 6) is 0.433. The summed E-state index contributed by atoms with van der Waals surface area (Å²) in [6.45, 7) is 5.88. The molecule has 2 rings (SSSR count). The van der Waals surface area contributed by atoms with Crippen molar-refractivity contribution in [1.82, 2.24) is 5.43 Å². The van der Waals surface area contributed by atoms with Crippen LogP contribution in [0.4, 0.5) is 0 Å². The first kappa shape index (κ1) is 15.8. The highest BCUT2D eigenvalue weighted by Crippen LogP contribution is 2.18. The van der Waals surface area contributed by atoms with Gasteiger partial charge in [0, 0.05) is 0 Å². The minimum atomic E-state index is -0.287. The standard InChI is InChI=1S/C18H20N2O2/c1-13-5-4-6-16(9-13)11-19-20-18(21)12-22-17-10-14(2)7-8-15(17)3/h4-11H,12H2,1-3H3,(H,20,21). The van der Waals surface area contributed by atoms with Gasteiger partial charge in [0.2, 0.25) is 0 Å². The van der Waals surface area contributed by atoms with E-state index < -0.39 is 0 Å². The van der Waals surface area contributed by atoms with Crippen LogP contribution in [-0.4, -0.2) is 18.7 Å². The summed E-state index contributed by atoms with van der Waals surface area (Å²) in [7, 11) is 0. The van der Waals surface area contributed by atoms with Crippen molar-refractivity contribution in [2.45, 2.75) is 20.8 Å². The molecule has 1 N–H and O–H groups in total. The topological polar surface area (TPSA) is 50.7 Å². The Hall–Kier alpha value is -2.62. The van der Waals surface area contributed by atoms with Crippen LogP contribution in [0.2, 0.25) is 0 Å². The molecule has 0 aromatic heterocycles. The van der Waals surface area contributed by atoms with E-state index in [0.29, 0.717) is 0 Å². The zero-order chi connectivity index (χ0) is 15.9. The number of ether oxygens (including phenoxy) is 1. The molecular formula is C18H20N2O2. The predicted molar refractivity (Wildman–Crippen MR) is 88.3 cm³/mol. The van der Waals surface area contributed by atoms with Gasteiger partial charge in [-0.2, -0.15) is 5.10 Å². The van der Waals surface area contributed by atoms with Crippen LogP contribution >= 0.6 is 0 Å². The number of hydrogen-bond acceptors (Lipinski definition) is 3. The van der Waals surface area contributed by atoms with E-state index >= 15 is 0 Å². The number of carbonyl (C=O) groups excluding carboxylic acids is 1. The van der Waals surface area contributed by atoms with Crippen LogP contribution in [0.1, 0.15) is 22.3 Å². The van der Waals surface area contributed by atoms with Gasteiger partial charge in [0.1, 0.15) is 5.75 Å². The summed E-state index contributed by atoms with van der Waals surface area (Å²) >= 11 is 0. The van der Waals surface area contributed by atoms with Gasteiger partial charge in [-0.15, -0.1) is 0 Å². The van der Waals surface area contributed by atoms with Crippen LogP contribution in [0.25, 0.3) is 0 Å². The number of amides is 1. The third kappa shape index (κ3) is 4.74. The molecule has 0 bridgehead atoms. The normalized spacial score (nSPS) is 10.7. The second kappa shape index (κ2) is 7.41. The lowest BCUT2D eigenvalue weighted by Gasteiger charge is -2.08. The van der Waals surface area contributed by atoms with Gasteiger partial charge in [0.25, 0.3) is 5.91 Å². The smallest absolute Gasteiger partial charge is 0.277 e. The SMILES string of the molecule is Cc1cccc(C=NNC(=O)COc2cc(C)ccc2C)c1. The molecule has 0 radical (unpaired) electrons. The highest BCUT2D eigenvalue weighted by molar-refractivity contribution is 5.83. The molecule has 2 aromatic rings. The molecular weight excluding hydrogens is 276 g/mol. The van der Waals surface area contributed by atoms with E-state index in [9.17, 15) is 4.79 Å². The Morgan fingerprint density at radius 1 is 1.14 bits per heavy atom. The first-order valence-corrected chi connectivity index (χ1v) is 7.13. The van der Waals surface area contributed by atoms with Crippen molar-refractivity contribution in [2.75, 3.05) is 6.61 Å². The average Bonchev–Trinajstić information content (AvgIpc) is 2.48. The summed E-state index contributed by atoms with van der Waals surface area (Å²) < 4.78 is 5.52. The van der Waals surface area contributed by atoms with Crippen LogP contribution < -0.4 is 10.2 Å². The third-order valence-electron chi connectivity index (χ3n) is 3.15. The maximum Gasteiger partial charge on any atom is 0.277 e. The van der Waals surface area contributed by atoms with E-state index in [1.165, 1.54) is 0 Å². The van der Waals surface area contributed by atoms with E-state index in [4.69, 9.17) is 4.74 Å². The molecule has 0 aliphatic heterocycles. The largest absolute Gasteiger partial charge is 0.483 e. The molecule has 0 saturated carbocycles. The lowest BCUT2D eigenvalue weighted by atomic mass is 10.1. The maximum atomic E-state index is 11.7. The molecule has 0 heterocycles. The van der Waals surface area contributed by atoms with Gasteiger partial charge in [0.05, 0.1) is 6.21 Å². The number of nitrogens with one attached hydrogen (secondary N) is 1. The lowest BCUT2D eigenvalue weighted by Crippen LogP contribution is -2.24. The van der Waals surface area contributed by atoms with Crippen molar-refractivity contribution in [3.63, 3.8) is 0 Å². The quantitative estimate of drug-likeness (QED) is 0.680. The van der Waals surface area contributed by atoms with Crippen molar-refractivity contribution >= 4 is 12.1 Å². The summed E-state index contributed by atoms with van der Waals surface area (Å²) in [4.78, 5) is 11.7. The first-order valence-electron chi connectivity index (χ1n) is 7.13. The van der Waals surface area contributed by atoms with Crippen LogP contribution in [0.3, 0.4) is 0 Å². The highest BCUT2D eigenvalue weighted by Gasteiger charge is 2.04. The number of carbonyl (C=O) groups is 1. The molecule has 4 nitrogen and oxygen atoms in total. The van der Waals surface area contributed by atoms with Crippen molar-refractivity contribution in [2.24, 2.45) is 5.10 Å². The van der Waals surface area contributed by atoms with E-state index in [2.05, 4.69) is 10.5 Å². The van der Waals surface area contributed by atoms with Crippen LogP contribution in [-0.2, 0) is 4.79 Å². The number of hydrogen-bond donors (Lipinski definition) is 1. The average molecular weight is 296 g/mol. The van der Waals surface area contributed by atoms with Crippen molar-refractivity contribution in [3.8, 4) is 5.75 Å². The second-order valence-electron chi connectivity index (χ2n) is 5.26. The molecule has 4 heteroatoms. The third-order valence-corrected chi connectivity index (χ3v) is 3.15. The number of aryl methyl sites for hydroxylation is 3. The Bertz CT molecular complexity index is 693. The van der Waals surface area contributed by atoms with E-state index in [-0.39, 0.29) is 12.5 Å². The highest BCUT2D eigenvalue weighted by atomic mass is 16.5. The predicted octanol–water partition coefficient (Wildman–Crippen LogP) is 3.14. The number of hydrazone groups is 1. The van der Waals surface area contributed by atoms with Crippen molar-refractivity contribution < 1.29 is 9.53 Å². The Labute approximate surface area is 130 Å². The Morgan fingerprint density at radius 2 is 1.91 bits per heavy atom. The monoisotopic (exact) mass is 296 g/mol. The Balaban J connectivity index is 1.84. The molecule has 0 fully saturated rings. The summed E-state index contributed by atoms with van der Waals surface area (Å²) in [6, 6.07) is 13.8. The van der Waals surface area contributed by atoms with Crippen molar-refractivity contribution in [3.05, 3.63) is 64.7 Å². The maximum absolute atomic E-state index is 11.7. The number of benzene rings is 2. The molecule has 0 aliphatic carbocycles. The van der Waals surface area contributed by atoms with E-state index in [1.807, 2.05) is 63.2 Å². The van der Waals surface area contributed by atoms with Crippen LogP contribution in [0, 0.1) is 20.8 Å². The minimum Gasteiger partial charge on any atom is -0.483 e. The molecule has 1 amide bonds. The zero-order valence-electron chi connectivity index (χ0n) is 13.1. The molecule has 0 atom stereocenters. The fourth-order valence-corrected chi connectivity index (χ4v) is 1.97. The molecule has 2 aromatic carbocycles. The fourth-order valence-electron chi connectivity index (χ4n) is 1.97.